The van der Waals surface area contributed by atoms with Crippen molar-refractivity contribution in [2.75, 3.05) is 10.6 Å². The van der Waals surface area contributed by atoms with Crippen LogP contribution in [0.15, 0.2) is 40.9 Å². The molecule has 3 rings (SSSR count). The first-order chi connectivity index (χ1) is 9.54. The lowest BCUT2D eigenvalue weighted by Gasteiger charge is -2.14. The number of rotatable bonds is 2. The second kappa shape index (κ2) is 5.54. The maximum absolute atomic E-state index is 12.1. The van der Waals surface area contributed by atoms with Gasteiger partial charge in [0.15, 0.2) is 0 Å². The Kier molecular flexibility index (Phi) is 3.92. The van der Waals surface area contributed by atoms with Crippen molar-refractivity contribution in [3.8, 4) is 0 Å². The molecule has 0 aromatic heterocycles. The minimum absolute atomic E-state index is 0.0762. The Morgan fingerprint density at radius 2 is 2.05 bits per heavy atom. The van der Waals surface area contributed by atoms with Crippen LogP contribution in [0.4, 0.5) is 11.4 Å². The molecule has 0 saturated heterocycles. The van der Waals surface area contributed by atoms with Crippen molar-refractivity contribution in [3.63, 3.8) is 0 Å². The van der Waals surface area contributed by atoms with Crippen molar-refractivity contribution in [2.45, 2.75) is 6.04 Å². The normalized spacial score (nSPS) is 16.8. The summed E-state index contributed by atoms with van der Waals surface area (Å²) < 4.78 is 1.99. The van der Waals surface area contributed by atoms with Crippen molar-refractivity contribution < 1.29 is 4.79 Å². The standard InChI is InChI=1S/C14H9BrClIN2O/c15-7-1-3-11-9(5-7)13(14(20)19-11)18-12-4-2-8(17)6-10(12)16/h1-6,13,18H,(H,19,20). The van der Waals surface area contributed by atoms with E-state index in [0.29, 0.717) is 5.02 Å². The molecular formula is C14H9BrClIN2O. The van der Waals surface area contributed by atoms with Crippen LogP contribution in [0.1, 0.15) is 11.6 Å². The number of halogens is 3. The number of amides is 1. The smallest absolute Gasteiger partial charge is 0.251 e. The molecule has 1 aliphatic heterocycles. The lowest BCUT2D eigenvalue weighted by Crippen LogP contribution is -2.19. The van der Waals surface area contributed by atoms with Crippen LogP contribution in [-0.4, -0.2) is 5.91 Å². The largest absolute Gasteiger partial charge is 0.369 e. The van der Waals surface area contributed by atoms with E-state index in [2.05, 4.69) is 49.2 Å². The predicted molar refractivity (Wildman–Crippen MR) is 93.3 cm³/mol. The van der Waals surface area contributed by atoms with Gasteiger partial charge in [-0.2, -0.15) is 0 Å². The van der Waals surface area contributed by atoms with Gasteiger partial charge in [0.25, 0.3) is 5.91 Å². The summed E-state index contributed by atoms with van der Waals surface area (Å²) in [5.41, 5.74) is 2.50. The lowest BCUT2D eigenvalue weighted by molar-refractivity contribution is -0.116. The van der Waals surface area contributed by atoms with Crippen LogP contribution in [0, 0.1) is 3.57 Å². The fraction of sp³-hybridized carbons (Fsp3) is 0.0714. The molecule has 0 radical (unpaired) electrons. The van der Waals surface area contributed by atoms with Gasteiger partial charge in [0.2, 0.25) is 0 Å². The average Bonchev–Trinajstić information content (AvgIpc) is 2.69. The topological polar surface area (TPSA) is 41.1 Å². The Balaban J connectivity index is 1.95. The predicted octanol–water partition coefficient (Wildman–Crippen LogP) is 4.81. The number of hydrogen-bond donors (Lipinski definition) is 2. The summed E-state index contributed by atoms with van der Waals surface area (Å²) in [6, 6.07) is 11.0. The van der Waals surface area contributed by atoms with Crippen LogP contribution in [0.5, 0.6) is 0 Å². The van der Waals surface area contributed by atoms with Crippen LogP contribution in [0.25, 0.3) is 0 Å². The Bertz CT molecular complexity index is 708. The van der Waals surface area contributed by atoms with Crippen LogP contribution in [0.3, 0.4) is 0 Å². The molecule has 0 fully saturated rings. The number of fused-ring (bicyclic) bond motifs is 1. The zero-order valence-corrected chi connectivity index (χ0v) is 14.6. The minimum atomic E-state index is -0.430. The highest BCUT2D eigenvalue weighted by molar-refractivity contribution is 14.1. The Hall–Kier alpha value is -0.790. The number of anilines is 2. The summed E-state index contributed by atoms with van der Waals surface area (Å²) in [5, 5.41) is 6.67. The maximum atomic E-state index is 12.1. The number of carbonyl (C=O) groups excluding carboxylic acids is 1. The van der Waals surface area contributed by atoms with Gasteiger partial charge in [-0.1, -0.05) is 27.5 Å². The third-order valence-electron chi connectivity index (χ3n) is 3.08. The molecule has 20 heavy (non-hydrogen) atoms. The van der Waals surface area contributed by atoms with Gasteiger partial charge in [-0.25, -0.2) is 0 Å². The summed E-state index contributed by atoms with van der Waals surface area (Å²) >= 11 is 11.8. The highest BCUT2D eigenvalue weighted by atomic mass is 127. The van der Waals surface area contributed by atoms with E-state index in [4.69, 9.17) is 11.6 Å². The molecule has 2 N–H and O–H groups in total. The molecule has 1 unspecified atom stereocenters. The first-order valence-electron chi connectivity index (χ1n) is 5.86. The second-order valence-corrected chi connectivity index (χ2v) is 6.99. The first kappa shape index (κ1) is 14.2. The quantitative estimate of drug-likeness (QED) is 0.628. The van der Waals surface area contributed by atoms with Gasteiger partial charge in [0.05, 0.1) is 10.7 Å². The summed E-state index contributed by atoms with van der Waals surface area (Å²) in [6.45, 7) is 0. The van der Waals surface area contributed by atoms with Gasteiger partial charge < -0.3 is 10.6 Å². The van der Waals surface area contributed by atoms with E-state index in [0.717, 1.165) is 25.0 Å². The molecule has 1 aliphatic rings. The summed E-state index contributed by atoms with van der Waals surface area (Å²) in [7, 11) is 0. The van der Waals surface area contributed by atoms with Gasteiger partial charge in [0, 0.05) is 19.3 Å². The summed E-state index contributed by atoms with van der Waals surface area (Å²) in [6.07, 6.45) is 0. The number of nitrogens with one attached hydrogen (secondary N) is 2. The lowest BCUT2D eigenvalue weighted by atomic mass is 10.1. The van der Waals surface area contributed by atoms with E-state index in [1.807, 2.05) is 36.4 Å². The first-order valence-corrected chi connectivity index (χ1v) is 8.11. The third kappa shape index (κ3) is 2.66. The fourth-order valence-corrected chi connectivity index (χ4v) is 3.43. The number of benzene rings is 2. The van der Waals surface area contributed by atoms with Gasteiger partial charge in [-0.15, -0.1) is 0 Å². The van der Waals surface area contributed by atoms with Crippen molar-refractivity contribution in [1.82, 2.24) is 0 Å². The van der Waals surface area contributed by atoms with Gasteiger partial charge in [-0.3, -0.25) is 4.79 Å². The molecule has 0 saturated carbocycles. The summed E-state index contributed by atoms with van der Waals surface area (Å²) in [4.78, 5) is 12.1. The van der Waals surface area contributed by atoms with Crippen LogP contribution in [-0.2, 0) is 4.79 Å². The molecular weight excluding hydrogens is 454 g/mol. The van der Waals surface area contributed by atoms with Crippen molar-refractivity contribution in [3.05, 3.63) is 55.0 Å². The number of carbonyl (C=O) groups is 1. The zero-order valence-electron chi connectivity index (χ0n) is 10.1. The van der Waals surface area contributed by atoms with E-state index in [9.17, 15) is 4.79 Å². The van der Waals surface area contributed by atoms with E-state index in [1.54, 1.807) is 0 Å². The number of hydrogen-bond acceptors (Lipinski definition) is 2. The molecule has 0 spiro atoms. The van der Waals surface area contributed by atoms with Crippen molar-refractivity contribution in [1.29, 1.82) is 0 Å². The fourth-order valence-electron chi connectivity index (χ4n) is 2.14. The average molecular weight is 464 g/mol. The van der Waals surface area contributed by atoms with Crippen LogP contribution >= 0.6 is 50.1 Å². The van der Waals surface area contributed by atoms with Crippen LogP contribution < -0.4 is 10.6 Å². The van der Waals surface area contributed by atoms with E-state index in [-0.39, 0.29) is 5.91 Å². The monoisotopic (exact) mass is 462 g/mol. The second-order valence-electron chi connectivity index (χ2n) is 4.42. The van der Waals surface area contributed by atoms with Gasteiger partial charge >= 0.3 is 0 Å². The molecule has 2 aromatic rings. The van der Waals surface area contributed by atoms with Crippen LogP contribution in [0.2, 0.25) is 5.02 Å². The van der Waals surface area contributed by atoms with E-state index >= 15 is 0 Å². The molecule has 3 nitrogen and oxygen atoms in total. The molecule has 6 heteroatoms. The van der Waals surface area contributed by atoms with E-state index < -0.39 is 6.04 Å². The minimum Gasteiger partial charge on any atom is -0.369 e. The van der Waals surface area contributed by atoms with Crippen molar-refractivity contribution >= 4 is 67.4 Å². The highest BCUT2D eigenvalue weighted by Crippen LogP contribution is 2.36. The molecule has 102 valence electrons. The molecule has 1 heterocycles. The zero-order chi connectivity index (χ0) is 14.3. The highest BCUT2D eigenvalue weighted by Gasteiger charge is 2.30. The van der Waals surface area contributed by atoms with Gasteiger partial charge in [-0.05, 0) is 59.0 Å². The molecule has 2 aromatic carbocycles. The molecule has 0 bridgehead atoms. The molecule has 1 amide bonds. The Labute approximate surface area is 143 Å². The SMILES string of the molecule is O=C1Nc2ccc(Br)cc2C1Nc1ccc(I)cc1Cl. The Morgan fingerprint density at radius 3 is 2.80 bits per heavy atom. The summed E-state index contributed by atoms with van der Waals surface area (Å²) in [5.74, 6) is -0.0762. The molecule has 0 aliphatic carbocycles. The van der Waals surface area contributed by atoms with Crippen molar-refractivity contribution in [2.24, 2.45) is 0 Å². The molecule has 1 atom stereocenters. The van der Waals surface area contributed by atoms with E-state index in [1.165, 1.54) is 0 Å². The maximum Gasteiger partial charge on any atom is 0.251 e. The third-order valence-corrected chi connectivity index (χ3v) is 4.55. The van der Waals surface area contributed by atoms with Gasteiger partial charge in [0.1, 0.15) is 6.04 Å². The Morgan fingerprint density at radius 1 is 1.25 bits per heavy atom.